The molecule has 0 heterocycles. The van der Waals surface area contributed by atoms with Crippen LogP contribution in [0.3, 0.4) is 0 Å². The fourth-order valence-electron chi connectivity index (χ4n) is 5.27. The number of hydrogen-bond donors (Lipinski definition) is 2. The van der Waals surface area contributed by atoms with E-state index in [9.17, 15) is 10.2 Å². The molecule has 0 aromatic carbocycles. The van der Waals surface area contributed by atoms with Crippen molar-refractivity contribution in [3.63, 3.8) is 0 Å². The topological polar surface area (TPSA) is 40.5 Å². The molecule has 0 amide bonds. The van der Waals surface area contributed by atoms with Crippen molar-refractivity contribution < 1.29 is 10.2 Å². The van der Waals surface area contributed by atoms with Crippen molar-refractivity contribution in [3.8, 4) is 0 Å². The van der Waals surface area contributed by atoms with Gasteiger partial charge >= 0.3 is 0 Å². The third-order valence-electron chi connectivity index (χ3n) is 8.72. The highest BCUT2D eigenvalue weighted by Gasteiger charge is 2.37. The van der Waals surface area contributed by atoms with Gasteiger partial charge in [0, 0.05) is 0 Å². The zero-order valence-corrected chi connectivity index (χ0v) is 28.4. The standard InChI is InChI=1S/C41H55O2/c1-29(18-14-20-31(3)22-24-36-34(6)38(42)26-27-40(36,8)9)16-12-13-17-30(2)19-15-21-32(4)23-25-37-35(7)39(43)28-33(5)41(37,10)11/h12-28,33,38-39,42-43H,1-11H3/b13-12+,18-14+,19-15+,24-22+,25-23+,29-16+,30-17+,31-20+,32-21+. The van der Waals surface area contributed by atoms with E-state index in [0.29, 0.717) is 5.92 Å². The molecular formula is C41H55O2. The molecule has 2 nitrogen and oxygen atoms in total. The fraction of sp³-hybridized carbons (Fsp3) is 0.390. The molecular weight excluding hydrogens is 524 g/mol. The first-order valence-corrected chi connectivity index (χ1v) is 15.5. The van der Waals surface area contributed by atoms with Crippen LogP contribution in [-0.4, -0.2) is 22.4 Å². The van der Waals surface area contributed by atoms with Gasteiger partial charge in [0.05, 0.1) is 12.2 Å². The summed E-state index contributed by atoms with van der Waals surface area (Å²) >= 11 is 0. The summed E-state index contributed by atoms with van der Waals surface area (Å²) in [6.07, 6.45) is 34.5. The van der Waals surface area contributed by atoms with E-state index in [1.54, 1.807) is 0 Å². The van der Waals surface area contributed by atoms with E-state index in [1.807, 2.05) is 26.7 Å². The third kappa shape index (κ3) is 10.9. The van der Waals surface area contributed by atoms with Crippen LogP contribution in [0.5, 0.6) is 0 Å². The van der Waals surface area contributed by atoms with E-state index in [-0.39, 0.29) is 10.8 Å². The molecule has 0 saturated carbocycles. The zero-order valence-electron chi connectivity index (χ0n) is 28.4. The Bertz CT molecular complexity index is 1320. The van der Waals surface area contributed by atoms with Crippen molar-refractivity contribution in [2.45, 2.75) is 88.4 Å². The van der Waals surface area contributed by atoms with E-state index in [4.69, 9.17) is 0 Å². The lowest BCUT2D eigenvalue weighted by atomic mass is 9.65. The minimum Gasteiger partial charge on any atom is -0.388 e. The maximum atomic E-state index is 10.4. The Morgan fingerprint density at radius 1 is 0.628 bits per heavy atom. The molecule has 0 bridgehead atoms. The molecule has 2 rings (SSSR count). The molecule has 3 unspecified atom stereocenters. The maximum Gasteiger partial charge on any atom is 0.0788 e. The highest BCUT2D eigenvalue weighted by molar-refractivity contribution is 5.44. The number of allylic oxidation sites excluding steroid dienone is 20. The predicted octanol–water partition coefficient (Wildman–Crippen LogP) is 10.2. The third-order valence-corrected chi connectivity index (χ3v) is 8.72. The van der Waals surface area contributed by atoms with Crippen molar-refractivity contribution >= 4 is 0 Å². The predicted molar refractivity (Wildman–Crippen MR) is 188 cm³/mol. The largest absolute Gasteiger partial charge is 0.388 e. The number of rotatable bonds is 10. The summed E-state index contributed by atoms with van der Waals surface area (Å²) in [4.78, 5) is 0. The highest BCUT2D eigenvalue weighted by Crippen LogP contribution is 2.44. The van der Waals surface area contributed by atoms with Gasteiger partial charge in [-0.15, -0.1) is 0 Å². The Hall–Kier alpha value is -2.94. The number of hydrogen-bond acceptors (Lipinski definition) is 2. The first kappa shape index (κ1) is 36.3. The normalized spacial score (nSPS) is 26.5. The molecule has 0 spiro atoms. The molecule has 2 aliphatic carbocycles. The van der Waals surface area contributed by atoms with Crippen LogP contribution in [0.4, 0.5) is 0 Å². The molecule has 2 aliphatic rings. The Balaban J connectivity index is 1.94. The van der Waals surface area contributed by atoms with E-state index in [1.165, 1.54) is 27.9 Å². The van der Waals surface area contributed by atoms with Gasteiger partial charge in [-0.05, 0) is 99.8 Å². The minimum atomic E-state index is -0.497. The molecule has 0 aliphatic heterocycles. The summed E-state index contributed by atoms with van der Waals surface area (Å²) < 4.78 is 0. The maximum absolute atomic E-state index is 10.4. The molecule has 0 aromatic rings. The van der Waals surface area contributed by atoms with Crippen LogP contribution in [0.1, 0.15) is 76.2 Å². The lowest BCUT2D eigenvalue weighted by molar-refractivity contribution is 0.178. The second kappa shape index (κ2) is 16.2. The van der Waals surface area contributed by atoms with Gasteiger partial charge in [0.1, 0.15) is 0 Å². The highest BCUT2D eigenvalue weighted by atomic mass is 16.3. The summed E-state index contributed by atoms with van der Waals surface area (Å²) in [7, 11) is 0. The van der Waals surface area contributed by atoms with Gasteiger partial charge in [0.15, 0.2) is 0 Å². The minimum absolute atomic E-state index is 0.00458. The van der Waals surface area contributed by atoms with Crippen LogP contribution < -0.4 is 0 Å². The smallest absolute Gasteiger partial charge is 0.0788 e. The van der Waals surface area contributed by atoms with Gasteiger partial charge in [0.25, 0.3) is 0 Å². The SMILES string of the molecule is CC1=C(/C=C/C(C)=C/C=C/C(C)=C/C=C/C=C(C)/C=C/C=C(C)/C=C/C2=C(C)C(O)[CH]C(C)C2(C)C)C(C)(C)[CH][CH]C1O. The van der Waals surface area contributed by atoms with Crippen LogP contribution >= 0.6 is 0 Å². The average molecular weight is 580 g/mol. The average Bonchev–Trinajstić information content (AvgIpc) is 2.92. The van der Waals surface area contributed by atoms with Crippen molar-refractivity contribution in [3.05, 3.63) is 149 Å². The van der Waals surface area contributed by atoms with E-state index in [0.717, 1.165) is 16.7 Å². The molecule has 0 aromatic heterocycles. The monoisotopic (exact) mass is 579 g/mol. The zero-order chi connectivity index (χ0) is 32.4. The van der Waals surface area contributed by atoms with Gasteiger partial charge in [0.2, 0.25) is 0 Å². The Labute approximate surface area is 263 Å². The van der Waals surface area contributed by atoms with E-state index >= 15 is 0 Å². The first-order chi connectivity index (χ1) is 20.1. The Morgan fingerprint density at radius 2 is 1.05 bits per heavy atom. The first-order valence-electron chi connectivity index (χ1n) is 15.5. The molecule has 231 valence electrons. The van der Waals surface area contributed by atoms with Crippen LogP contribution in [-0.2, 0) is 0 Å². The Kier molecular flexibility index (Phi) is 13.7. The number of aliphatic hydroxyl groups excluding tert-OH is 2. The second-order valence-electron chi connectivity index (χ2n) is 13.3. The summed E-state index contributed by atoms with van der Waals surface area (Å²) in [5.74, 6) is 0.316. The molecule has 43 heavy (non-hydrogen) atoms. The quantitative estimate of drug-likeness (QED) is 0.253. The van der Waals surface area contributed by atoms with Crippen LogP contribution in [0.25, 0.3) is 0 Å². The lowest BCUT2D eigenvalue weighted by Gasteiger charge is -2.41. The molecule has 2 heteroatoms. The fourth-order valence-corrected chi connectivity index (χ4v) is 5.27. The van der Waals surface area contributed by atoms with E-state index < -0.39 is 12.2 Å². The van der Waals surface area contributed by atoms with Gasteiger partial charge in [-0.2, -0.15) is 0 Å². The van der Waals surface area contributed by atoms with Gasteiger partial charge in [-0.25, -0.2) is 0 Å². The number of aliphatic hydroxyl groups is 2. The second-order valence-corrected chi connectivity index (χ2v) is 13.3. The van der Waals surface area contributed by atoms with E-state index in [2.05, 4.69) is 154 Å². The molecule has 0 fully saturated rings. The van der Waals surface area contributed by atoms with Crippen LogP contribution in [0, 0.1) is 36.0 Å². The van der Waals surface area contributed by atoms with Crippen molar-refractivity contribution in [1.29, 1.82) is 0 Å². The van der Waals surface area contributed by atoms with Crippen molar-refractivity contribution in [2.24, 2.45) is 16.7 Å². The molecule has 3 radical (unpaired) electrons. The summed E-state index contributed by atoms with van der Waals surface area (Å²) in [5.41, 5.74) is 9.03. The van der Waals surface area contributed by atoms with Crippen LogP contribution in [0.2, 0.25) is 0 Å². The summed E-state index contributed by atoms with van der Waals surface area (Å²) in [5, 5.41) is 20.6. The lowest BCUT2D eigenvalue weighted by Crippen LogP contribution is -2.35. The van der Waals surface area contributed by atoms with Gasteiger partial charge in [-0.1, -0.05) is 142 Å². The molecule has 3 atom stereocenters. The van der Waals surface area contributed by atoms with Crippen molar-refractivity contribution in [1.82, 2.24) is 0 Å². The molecule has 2 N–H and O–H groups in total. The summed E-state index contributed by atoms with van der Waals surface area (Å²) in [6, 6.07) is 0. The van der Waals surface area contributed by atoms with Gasteiger partial charge in [-0.3, -0.25) is 0 Å². The van der Waals surface area contributed by atoms with Crippen LogP contribution in [0.15, 0.2) is 130 Å². The van der Waals surface area contributed by atoms with Crippen molar-refractivity contribution in [2.75, 3.05) is 0 Å². The molecule has 0 saturated heterocycles. The van der Waals surface area contributed by atoms with Gasteiger partial charge < -0.3 is 10.2 Å². The summed E-state index contributed by atoms with van der Waals surface area (Å²) in [6.45, 7) is 23.4. The Morgan fingerprint density at radius 3 is 1.56 bits per heavy atom.